The third kappa shape index (κ3) is 3.36. The van der Waals surface area contributed by atoms with E-state index in [2.05, 4.69) is 15.9 Å². The van der Waals surface area contributed by atoms with Crippen LogP contribution in [0.3, 0.4) is 0 Å². The zero-order valence-corrected chi connectivity index (χ0v) is 12.3. The molecule has 8 heteroatoms. The molecule has 1 saturated heterocycles. The van der Waals surface area contributed by atoms with E-state index in [0.717, 1.165) is 6.07 Å². The summed E-state index contributed by atoms with van der Waals surface area (Å²) in [7, 11) is 0. The Kier molecular flexibility index (Phi) is 4.55. The first-order valence-electron chi connectivity index (χ1n) is 6.24. The lowest BCUT2D eigenvalue weighted by atomic mass is 10.00. The highest BCUT2D eigenvalue weighted by Crippen LogP contribution is 2.33. The number of hydrogen-bond acceptors (Lipinski definition) is 1. The second-order valence-corrected chi connectivity index (χ2v) is 5.65. The van der Waals surface area contributed by atoms with Crippen LogP contribution in [0.5, 0.6) is 0 Å². The summed E-state index contributed by atoms with van der Waals surface area (Å²) in [5.74, 6) is -3.17. The quantitative estimate of drug-likeness (QED) is 0.532. The average molecular weight is 372 g/mol. The van der Waals surface area contributed by atoms with Crippen LogP contribution in [-0.4, -0.2) is 29.6 Å². The minimum absolute atomic E-state index is 0.0998. The van der Waals surface area contributed by atoms with Gasteiger partial charge in [0, 0.05) is 12.6 Å². The van der Waals surface area contributed by atoms with Crippen LogP contribution in [0.25, 0.3) is 0 Å². The van der Waals surface area contributed by atoms with Gasteiger partial charge >= 0.3 is 6.18 Å². The molecule has 2 rings (SSSR count). The molecule has 116 valence electrons. The number of carbonyl (C=O) groups excluding carboxylic acids is 1. The molecule has 0 saturated carbocycles. The highest BCUT2D eigenvalue weighted by atomic mass is 79.9. The summed E-state index contributed by atoms with van der Waals surface area (Å²) in [5.41, 5.74) is -0.570. The number of amides is 1. The largest absolute Gasteiger partial charge is 0.408 e. The van der Waals surface area contributed by atoms with Crippen molar-refractivity contribution in [2.45, 2.75) is 31.5 Å². The molecule has 21 heavy (non-hydrogen) atoms. The van der Waals surface area contributed by atoms with Crippen molar-refractivity contribution in [3.8, 4) is 0 Å². The van der Waals surface area contributed by atoms with Crippen LogP contribution < -0.4 is 0 Å². The van der Waals surface area contributed by atoms with Gasteiger partial charge in [-0.25, -0.2) is 8.78 Å². The standard InChI is InChI=1S/C13H11BrF5NO/c14-8-5-7(9(15)6-10(8)16)12(21)20-4-2-1-3-11(20)13(17,18)19/h5-6,11H,1-4H2. The zero-order chi connectivity index (χ0) is 15.8. The average Bonchev–Trinajstić information content (AvgIpc) is 2.41. The van der Waals surface area contributed by atoms with Gasteiger partial charge in [-0.15, -0.1) is 0 Å². The van der Waals surface area contributed by atoms with Crippen molar-refractivity contribution in [3.63, 3.8) is 0 Å². The molecule has 1 unspecified atom stereocenters. The molecule has 0 bridgehead atoms. The number of hydrogen-bond donors (Lipinski definition) is 0. The molecule has 1 amide bonds. The maximum atomic E-state index is 13.7. The summed E-state index contributed by atoms with van der Waals surface area (Å²) in [5, 5.41) is 0. The van der Waals surface area contributed by atoms with Gasteiger partial charge in [0.05, 0.1) is 10.0 Å². The van der Waals surface area contributed by atoms with E-state index in [0.29, 0.717) is 23.8 Å². The highest BCUT2D eigenvalue weighted by Gasteiger charge is 2.46. The van der Waals surface area contributed by atoms with Gasteiger partial charge in [-0.3, -0.25) is 4.79 Å². The lowest BCUT2D eigenvalue weighted by molar-refractivity contribution is -0.183. The van der Waals surface area contributed by atoms with Crippen molar-refractivity contribution in [1.82, 2.24) is 4.90 Å². The van der Waals surface area contributed by atoms with Crippen LogP contribution in [0, 0.1) is 11.6 Å². The van der Waals surface area contributed by atoms with Gasteiger partial charge in [0.1, 0.15) is 17.7 Å². The molecule has 0 aromatic heterocycles. The Morgan fingerprint density at radius 3 is 2.48 bits per heavy atom. The van der Waals surface area contributed by atoms with Gasteiger partial charge in [0.2, 0.25) is 0 Å². The number of halogens is 6. The predicted octanol–water partition coefficient (Wildman–Crippen LogP) is 4.28. The Morgan fingerprint density at radius 2 is 1.86 bits per heavy atom. The second-order valence-electron chi connectivity index (χ2n) is 4.80. The number of carbonyl (C=O) groups is 1. The molecule has 0 N–H and O–H groups in total. The van der Waals surface area contributed by atoms with E-state index in [9.17, 15) is 26.7 Å². The molecule has 1 atom stereocenters. The van der Waals surface area contributed by atoms with Gasteiger partial charge in [-0.05, 0) is 41.3 Å². The van der Waals surface area contributed by atoms with Crippen LogP contribution in [0.4, 0.5) is 22.0 Å². The fraction of sp³-hybridized carbons (Fsp3) is 0.462. The molecule has 0 radical (unpaired) electrons. The zero-order valence-electron chi connectivity index (χ0n) is 10.7. The van der Waals surface area contributed by atoms with E-state index >= 15 is 0 Å². The van der Waals surface area contributed by atoms with Gasteiger partial charge in [-0.1, -0.05) is 0 Å². The molecule has 1 aliphatic heterocycles. The van der Waals surface area contributed by atoms with E-state index in [1.165, 1.54) is 0 Å². The number of alkyl halides is 3. The van der Waals surface area contributed by atoms with Crippen molar-refractivity contribution in [2.24, 2.45) is 0 Å². The normalized spacial score (nSPS) is 19.7. The van der Waals surface area contributed by atoms with Crippen molar-refractivity contribution >= 4 is 21.8 Å². The molecule has 1 aromatic rings. The molecule has 1 fully saturated rings. The Hall–Kier alpha value is -1.18. The third-order valence-corrected chi connectivity index (χ3v) is 3.99. The first kappa shape index (κ1) is 16.2. The maximum Gasteiger partial charge on any atom is 0.408 e. The lowest BCUT2D eigenvalue weighted by Crippen LogP contribution is -2.51. The summed E-state index contributed by atoms with van der Waals surface area (Å²) < 4.78 is 65.5. The van der Waals surface area contributed by atoms with Crippen LogP contribution >= 0.6 is 15.9 Å². The van der Waals surface area contributed by atoms with Crippen molar-refractivity contribution in [3.05, 3.63) is 33.8 Å². The van der Waals surface area contributed by atoms with E-state index in [1.54, 1.807) is 0 Å². The van der Waals surface area contributed by atoms with Gasteiger partial charge in [0.15, 0.2) is 0 Å². The predicted molar refractivity (Wildman–Crippen MR) is 68.8 cm³/mol. The number of likely N-dealkylation sites (tertiary alicyclic amines) is 1. The molecule has 1 aromatic carbocycles. The fourth-order valence-corrected chi connectivity index (χ4v) is 2.70. The highest BCUT2D eigenvalue weighted by molar-refractivity contribution is 9.10. The topological polar surface area (TPSA) is 20.3 Å². The summed E-state index contributed by atoms with van der Waals surface area (Å²) in [4.78, 5) is 12.8. The molecule has 1 heterocycles. The Morgan fingerprint density at radius 1 is 1.19 bits per heavy atom. The molecule has 1 aliphatic rings. The first-order valence-corrected chi connectivity index (χ1v) is 7.03. The first-order chi connectivity index (χ1) is 9.71. The van der Waals surface area contributed by atoms with Crippen molar-refractivity contribution in [2.75, 3.05) is 6.54 Å². The smallest absolute Gasteiger partial charge is 0.326 e. The monoisotopic (exact) mass is 371 g/mol. The molecule has 0 aliphatic carbocycles. The van der Waals surface area contributed by atoms with Crippen LogP contribution in [0.2, 0.25) is 0 Å². The molecular formula is C13H11BrF5NO. The summed E-state index contributed by atoms with van der Waals surface area (Å²) >= 11 is 2.79. The van der Waals surface area contributed by atoms with E-state index in [4.69, 9.17) is 0 Å². The lowest BCUT2D eigenvalue weighted by Gasteiger charge is -2.36. The minimum atomic E-state index is -4.57. The molecule has 0 spiro atoms. The number of nitrogens with zero attached hydrogens (tertiary/aromatic N) is 1. The fourth-order valence-electron chi connectivity index (χ4n) is 2.36. The van der Waals surface area contributed by atoms with Gasteiger partial charge in [-0.2, -0.15) is 13.2 Å². The van der Waals surface area contributed by atoms with Crippen molar-refractivity contribution in [1.29, 1.82) is 0 Å². The SMILES string of the molecule is O=C(c1cc(Br)c(F)cc1F)N1CCCCC1C(F)(F)F. The number of benzene rings is 1. The Bertz CT molecular complexity index is 560. The maximum absolute atomic E-state index is 13.7. The van der Waals surface area contributed by atoms with E-state index in [1.807, 2.05) is 0 Å². The van der Waals surface area contributed by atoms with Crippen LogP contribution in [-0.2, 0) is 0 Å². The van der Waals surface area contributed by atoms with Gasteiger partial charge in [0.25, 0.3) is 5.91 Å². The Balaban J connectivity index is 2.36. The molecule has 2 nitrogen and oxygen atoms in total. The summed E-state index contributed by atoms with van der Waals surface area (Å²) in [6.45, 7) is -0.0998. The number of rotatable bonds is 1. The van der Waals surface area contributed by atoms with Crippen LogP contribution in [0.15, 0.2) is 16.6 Å². The van der Waals surface area contributed by atoms with E-state index < -0.39 is 35.3 Å². The van der Waals surface area contributed by atoms with Gasteiger partial charge < -0.3 is 4.90 Å². The summed E-state index contributed by atoms with van der Waals surface area (Å²) in [6, 6.07) is -0.583. The number of piperidine rings is 1. The van der Waals surface area contributed by atoms with Crippen LogP contribution in [0.1, 0.15) is 29.6 Å². The Labute approximate surface area is 126 Å². The van der Waals surface area contributed by atoms with E-state index in [-0.39, 0.29) is 17.4 Å². The summed E-state index contributed by atoms with van der Waals surface area (Å²) in [6.07, 6.45) is -4.01. The second kappa shape index (κ2) is 5.90. The third-order valence-electron chi connectivity index (χ3n) is 3.38. The minimum Gasteiger partial charge on any atom is -0.326 e. The van der Waals surface area contributed by atoms with Crippen molar-refractivity contribution < 1.29 is 26.7 Å². The molecular weight excluding hydrogens is 361 g/mol.